The highest BCUT2D eigenvalue weighted by Gasteiger charge is 2.23. The van der Waals surface area contributed by atoms with E-state index in [-0.39, 0.29) is 11.3 Å². The number of rotatable bonds is 3. The van der Waals surface area contributed by atoms with Gasteiger partial charge in [-0.25, -0.2) is 0 Å². The van der Waals surface area contributed by atoms with Crippen LogP contribution in [0.1, 0.15) is 25.7 Å². The molecule has 0 saturated heterocycles. The molecular formula is C16H17NO2. The van der Waals surface area contributed by atoms with Crippen LogP contribution in [0, 0.1) is 5.92 Å². The number of benzene rings is 1. The molecule has 1 unspecified atom stereocenters. The normalized spacial score (nSPS) is 19.2. The SMILES string of the molecule is O=C1CCCC1CCn1ccc(=O)c2ccccc21. The van der Waals surface area contributed by atoms with Gasteiger partial charge < -0.3 is 4.57 Å². The molecule has 3 rings (SSSR count). The number of carbonyl (C=O) groups excluding carboxylic acids is 1. The van der Waals surface area contributed by atoms with E-state index in [1.165, 1.54) is 0 Å². The van der Waals surface area contributed by atoms with Gasteiger partial charge in [-0.3, -0.25) is 9.59 Å². The summed E-state index contributed by atoms with van der Waals surface area (Å²) in [7, 11) is 0. The first-order valence-corrected chi connectivity index (χ1v) is 6.86. The van der Waals surface area contributed by atoms with Crippen molar-refractivity contribution < 1.29 is 4.79 Å². The van der Waals surface area contributed by atoms with Gasteiger partial charge in [0.1, 0.15) is 5.78 Å². The molecule has 1 saturated carbocycles. The molecule has 0 N–H and O–H groups in total. The Morgan fingerprint density at radius 3 is 2.79 bits per heavy atom. The number of carbonyl (C=O) groups is 1. The number of Topliss-reactive ketones (excluding diaryl/α,β-unsaturated/α-hetero) is 1. The Hall–Kier alpha value is -1.90. The molecule has 0 bridgehead atoms. The van der Waals surface area contributed by atoms with E-state index >= 15 is 0 Å². The second-order valence-electron chi connectivity index (χ2n) is 5.23. The van der Waals surface area contributed by atoms with Gasteiger partial charge in [0.25, 0.3) is 0 Å². The Bertz CT molecular complexity index is 672. The summed E-state index contributed by atoms with van der Waals surface area (Å²) < 4.78 is 2.09. The van der Waals surface area contributed by atoms with Crippen LogP contribution in [0.15, 0.2) is 41.3 Å². The van der Waals surface area contributed by atoms with Gasteiger partial charge in [-0.1, -0.05) is 12.1 Å². The second-order valence-corrected chi connectivity index (χ2v) is 5.23. The molecule has 1 aromatic heterocycles. The zero-order chi connectivity index (χ0) is 13.2. The number of hydrogen-bond donors (Lipinski definition) is 0. The third kappa shape index (κ3) is 2.33. The predicted octanol–water partition coefficient (Wildman–Crippen LogP) is 2.76. The first-order chi connectivity index (χ1) is 9.25. The topological polar surface area (TPSA) is 39.1 Å². The van der Waals surface area contributed by atoms with Crippen LogP contribution in [-0.2, 0) is 11.3 Å². The fourth-order valence-corrected chi connectivity index (χ4v) is 2.94. The van der Waals surface area contributed by atoms with Crippen LogP contribution >= 0.6 is 0 Å². The summed E-state index contributed by atoms with van der Waals surface area (Å²) in [5.41, 5.74) is 1.02. The van der Waals surface area contributed by atoms with E-state index in [4.69, 9.17) is 0 Å². The summed E-state index contributed by atoms with van der Waals surface area (Å²) in [6.45, 7) is 0.803. The number of fused-ring (bicyclic) bond motifs is 1. The smallest absolute Gasteiger partial charge is 0.189 e. The molecule has 0 aliphatic heterocycles. The molecule has 1 heterocycles. The van der Waals surface area contributed by atoms with Crippen LogP contribution in [0.2, 0.25) is 0 Å². The molecule has 1 aliphatic rings. The van der Waals surface area contributed by atoms with Gasteiger partial charge >= 0.3 is 0 Å². The van der Waals surface area contributed by atoms with Gasteiger partial charge in [-0.2, -0.15) is 0 Å². The van der Waals surface area contributed by atoms with Crippen LogP contribution < -0.4 is 5.43 Å². The molecule has 98 valence electrons. The largest absolute Gasteiger partial charge is 0.347 e. The van der Waals surface area contributed by atoms with Crippen LogP contribution in [0.4, 0.5) is 0 Å². The molecule has 0 amide bonds. The van der Waals surface area contributed by atoms with Gasteiger partial charge in [0.2, 0.25) is 0 Å². The molecule has 3 nitrogen and oxygen atoms in total. The minimum absolute atomic E-state index is 0.0591. The Balaban J connectivity index is 1.87. The van der Waals surface area contributed by atoms with Crippen molar-refractivity contribution in [1.82, 2.24) is 4.57 Å². The quantitative estimate of drug-likeness (QED) is 0.846. The van der Waals surface area contributed by atoms with Crippen LogP contribution in [0.5, 0.6) is 0 Å². The van der Waals surface area contributed by atoms with Crippen LogP contribution in [-0.4, -0.2) is 10.4 Å². The summed E-state index contributed by atoms with van der Waals surface area (Å²) >= 11 is 0. The zero-order valence-corrected chi connectivity index (χ0v) is 10.8. The number of nitrogens with zero attached hydrogens (tertiary/aromatic N) is 1. The van der Waals surface area contributed by atoms with Crippen molar-refractivity contribution in [2.75, 3.05) is 0 Å². The third-order valence-corrected chi connectivity index (χ3v) is 4.03. The van der Waals surface area contributed by atoms with Crippen molar-refractivity contribution in [2.45, 2.75) is 32.2 Å². The van der Waals surface area contributed by atoms with E-state index in [1.807, 2.05) is 30.5 Å². The van der Waals surface area contributed by atoms with Crippen molar-refractivity contribution in [3.63, 3.8) is 0 Å². The first kappa shape index (κ1) is 12.2. The average Bonchev–Trinajstić information content (AvgIpc) is 2.84. The van der Waals surface area contributed by atoms with E-state index in [2.05, 4.69) is 4.57 Å². The summed E-state index contributed by atoms with van der Waals surface area (Å²) in [4.78, 5) is 23.4. The molecule has 1 aromatic carbocycles. The fraction of sp³-hybridized carbons (Fsp3) is 0.375. The van der Waals surface area contributed by atoms with Gasteiger partial charge in [0.05, 0.1) is 5.52 Å². The molecule has 0 spiro atoms. The standard InChI is InChI=1S/C16H17NO2/c18-15-7-3-4-12(15)8-10-17-11-9-16(19)13-5-1-2-6-14(13)17/h1-2,5-6,9,11-12H,3-4,7-8,10H2. The lowest BCUT2D eigenvalue weighted by molar-refractivity contribution is -0.120. The minimum atomic E-state index is 0.0591. The predicted molar refractivity (Wildman–Crippen MR) is 75.2 cm³/mol. The van der Waals surface area contributed by atoms with Crippen molar-refractivity contribution >= 4 is 16.7 Å². The minimum Gasteiger partial charge on any atom is -0.347 e. The number of ketones is 1. The number of para-hydroxylation sites is 1. The summed E-state index contributed by atoms with van der Waals surface area (Å²) in [6, 6.07) is 9.26. The van der Waals surface area contributed by atoms with Gasteiger partial charge in [-0.15, -0.1) is 0 Å². The van der Waals surface area contributed by atoms with Gasteiger partial charge in [0, 0.05) is 36.5 Å². The van der Waals surface area contributed by atoms with E-state index in [0.717, 1.165) is 43.1 Å². The van der Waals surface area contributed by atoms with Crippen molar-refractivity contribution in [2.24, 2.45) is 5.92 Å². The summed E-state index contributed by atoms with van der Waals surface area (Å²) in [6.07, 6.45) is 5.52. The summed E-state index contributed by atoms with van der Waals surface area (Å²) in [5.74, 6) is 0.628. The Morgan fingerprint density at radius 1 is 1.16 bits per heavy atom. The highest BCUT2D eigenvalue weighted by Crippen LogP contribution is 2.25. The van der Waals surface area contributed by atoms with Gasteiger partial charge in [0.15, 0.2) is 5.43 Å². The van der Waals surface area contributed by atoms with Crippen LogP contribution in [0.25, 0.3) is 10.9 Å². The molecule has 0 radical (unpaired) electrons. The highest BCUT2D eigenvalue weighted by molar-refractivity contribution is 5.82. The molecule has 19 heavy (non-hydrogen) atoms. The number of aromatic nitrogens is 1. The first-order valence-electron chi connectivity index (χ1n) is 6.86. The second kappa shape index (κ2) is 5.00. The monoisotopic (exact) mass is 255 g/mol. The maximum atomic E-state index is 11.8. The molecule has 3 heteroatoms. The summed E-state index contributed by atoms with van der Waals surface area (Å²) in [5, 5.41) is 0.753. The van der Waals surface area contributed by atoms with Crippen molar-refractivity contribution in [3.05, 3.63) is 46.8 Å². The third-order valence-electron chi connectivity index (χ3n) is 4.03. The zero-order valence-electron chi connectivity index (χ0n) is 10.8. The van der Waals surface area contributed by atoms with Crippen molar-refractivity contribution in [1.29, 1.82) is 0 Å². The molecular weight excluding hydrogens is 238 g/mol. The molecule has 1 atom stereocenters. The number of pyridine rings is 1. The molecule has 1 fully saturated rings. The van der Waals surface area contributed by atoms with Crippen molar-refractivity contribution in [3.8, 4) is 0 Å². The van der Waals surface area contributed by atoms with Crippen LogP contribution in [0.3, 0.4) is 0 Å². The maximum absolute atomic E-state index is 11.8. The fourth-order valence-electron chi connectivity index (χ4n) is 2.94. The maximum Gasteiger partial charge on any atom is 0.189 e. The van der Waals surface area contributed by atoms with E-state index < -0.39 is 0 Å². The molecule has 1 aliphatic carbocycles. The van der Waals surface area contributed by atoms with E-state index in [9.17, 15) is 9.59 Å². The number of hydrogen-bond acceptors (Lipinski definition) is 2. The van der Waals surface area contributed by atoms with E-state index in [1.54, 1.807) is 6.07 Å². The lowest BCUT2D eigenvalue weighted by Crippen LogP contribution is -2.13. The highest BCUT2D eigenvalue weighted by atomic mass is 16.1. The molecule has 2 aromatic rings. The van der Waals surface area contributed by atoms with Gasteiger partial charge in [-0.05, 0) is 31.4 Å². The Kier molecular flexibility index (Phi) is 3.20. The Labute approximate surface area is 111 Å². The lowest BCUT2D eigenvalue weighted by Gasteiger charge is -2.13. The number of aryl methyl sites for hydroxylation is 1. The van der Waals surface area contributed by atoms with E-state index in [0.29, 0.717) is 5.78 Å². The average molecular weight is 255 g/mol. The Morgan fingerprint density at radius 2 is 2.00 bits per heavy atom. The lowest BCUT2D eigenvalue weighted by atomic mass is 10.0.